The Kier molecular flexibility index (Phi) is 3.34. The van der Waals surface area contributed by atoms with Gasteiger partial charge in [0.25, 0.3) is 0 Å². The largest absolute Gasteiger partial charge is 0.331 e. The molecule has 0 amide bonds. The van der Waals surface area contributed by atoms with Crippen molar-refractivity contribution in [3.63, 3.8) is 0 Å². The Hall–Kier alpha value is -0.870. The first-order valence-corrected chi connectivity index (χ1v) is 8.62. The van der Waals surface area contributed by atoms with Gasteiger partial charge in [0.15, 0.2) is 0 Å². The second-order valence-corrected chi connectivity index (χ2v) is 7.76. The zero-order valence-electron chi connectivity index (χ0n) is 13.5. The highest BCUT2D eigenvalue weighted by molar-refractivity contribution is 5.24. The number of rotatable bonds is 3. The second-order valence-electron chi connectivity index (χ2n) is 7.76. The highest BCUT2D eigenvalue weighted by Gasteiger charge is 2.36. The van der Waals surface area contributed by atoms with Gasteiger partial charge in [-0.1, -0.05) is 6.92 Å². The molecule has 3 aliphatic rings. The van der Waals surface area contributed by atoms with E-state index in [-0.39, 0.29) is 0 Å². The molecule has 0 unspecified atom stereocenters. The van der Waals surface area contributed by atoms with E-state index in [9.17, 15) is 0 Å². The maximum Gasteiger partial charge on any atom is 0.112 e. The summed E-state index contributed by atoms with van der Waals surface area (Å²) in [6.07, 6.45) is 6.49. The molecule has 3 heterocycles. The maximum atomic E-state index is 5.01. The lowest BCUT2D eigenvalue weighted by atomic mass is 9.80. The fourth-order valence-corrected chi connectivity index (χ4v) is 3.92. The molecule has 1 saturated heterocycles. The van der Waals surface area contributed by atoms with Crippen LogP contribution in [0.25, 0.3) is 0 Å². The molecule has 21 heavy (non-hydrogen) atoms. The zero-order chi connectivity index (χ0) is 14.4. The summed E-state index contributed by atoms with van der Waals surface area (Å²) in [5, 5.41) is 3.48. The van der Waals surface area contributed by atoms with Crippen molar-refractivity contribution in [2.24, 2.45) is 5.41 Å². The van der Waals surface area contributed by atoms with E-state index in [4.69, 9.17) is 4.98 Å². The van der Waals surface area contributed by atoms with Gasteiger partial charge in [-0.05, 0) is 51.2 Å². The van der Waals surface area contributed by atoms with Crippen molar-refractivity contribution in [2.45, 2.75) is 58.0 Å². The number of fused-ring (bicyclic) bond motifs is 1. The smallest absolute Gasteiger partial charge is 0.112 e. The number of hydrogen-bond acceptors (Lipinski definition) is 3. The molecule has 4 heteroatoms. The lowest BCUT2D eigenvalue weighted by molar-refractivity contribution is 0.118. The molecule has 0 spiro atoms. The van der Waals surface area contributed by atoms with E-state index in [0.717, 1.165) is 25.4 Å². The molecule has 2 aliphatic heterocycles. The predicted octanol–water partition coefficient (Wildman–Crippen LogP) is 2.14. The van der Waals surface area contributed by atoms with E-state index >= 15 is 0 Å². The molecule has 1 aromatic heterocycles. The van der Waals surface area contributed by atoms with E-state index < -0.39 is 0 Å². The summed E-state index contributed by atoms with van der Waals surface area (Å²) >= 11 is 0. The molecule has 1 aromatic rings. The Labute approximate surface area is 127 Å². The summed E-state index contributed by atoms with van der Waals surface area (Å²) in [5.74, 6) is 2.16. The van der Waals surface area contributed by atoms with Crippen LogP contribution in [0.1, 0.15) is 55.7 Å². The van der Waals surface area contributed by atoms with Gasteiger partial charge in [0, 0.05) is 37.7 Å². The molecule has 1 saturated carbocycles. The van der Waals surface area contributed by atoms with E-state index in [0.29, 0.717) is 5.41 Å². The van der Waals surface area contributed by atoms with Crippen LogP contribution in [0.3, 0.4) is 0 Å². The Morgan fingerprint density at radius 3 is 2.76 bits per heavy atom. The Balaban J connectivity index is 1.63. The van der Waals surface area contributed by atoms with Crippen molar-refractivity contribution in [2.75, 3.05) is 26.7 Å². The van der Waals surface area contributed by atoms with Gasteiger partial charge in [-0.25, -0.2) is 4.98 Å². The molecule has 0 aromatic carbocycles. The van der Waals surface area contributed by atoms with Gasteiger partial charge in [-0.2, -0.15) is 0 Å². The molecule has 116 valence electrons. The molecule has 1 N–H and O–H groups in total. The number of likely N-dealkylation sites (tertiary alicyclic amines) is 1. The highest BCUT2D eigenvalue weighted by Crippen LogP contribution is 2.42. The minimum atomic E-state index is 0.454. The van der Waals surface area contributed by atoms with Crippen LogP contribution in [0.5, 0.6) is 0 Å². The van der Waals surface area contributed by atoms with Crippen LogP contribution in [0, 0.1) is 5.41 Å². The fraction of sp³-hybridized carbons (Fsp3) is 0.824. The Morgan fingerprint density at radius 1 is 1.29 bits per heavy atom. The molecule has 4 rings (SSSR count). The SMILES string of the molecule is CN1CCC(C)(Cn2c(C3CC3)nc3c2CCNC3)CC1. The van der Waals surface area contributed by atoms with Crippen LogP contribution in [0.2, 0.25) is 0 Å². The van der Waals surface area contributed by atoms with Crippen molar-refractivity contribution in [1.29, 1.82) is 0 Å². The lowest BCUT2D eigenvalue weighted by Crippen LogP contribution is -2.39. The topological polar surface area (TPSA) is 33.1 Å². The summed E-state index contributed by atoms with van der Waals surface area (Å²) in [6, 6.07) is 0. The van der Waals surface area contributed by atoms with Gasteiger partial charge in [0.2, 0.25) is 0 Å². The lowest BCUT2D eigenvalue weighted by Gasteiger charge is -2.39. The van der Waals surface area contributed by atoms with Crippen LogP contribution in [-0.4, -0.2) is 41.1 Å². The first-order chi connectivity index (χ1) is 10.1. The Morgan fingerprint density at radius 2 is 2.05 bits per heavy atom. The van der Waals surface area contributed by atoms with Gasteiger partial charge in [-0.15, -0.1) is 0 Å². The number of aromatic nitrogens is 2. The standard InChI is InChI=1S/C17H28N4/c1-17(6-9-20(2)10-7-17)12-21-15-5-8-18-11-14(15)19-16(21)13-3-4-13/h13,18H,3-12H2,1-2H3. The molecule has 2 fully saturated rings. The molecule has 4 nitrogen and oxygen atoms in total. The van der Waals surface area contributed by atoms with Gasteiger partial charge in [0.1, 0.15) is 5.82 Å². The number of nitrogens with zero attached hydrogens (tertiary/aromatic N) is 3. The number of piperidine rings is 1. The van der Waals surface area contributed by atoms with Crippen molar-refractivity contribution in [1.82, 2.24) is 19.8 Å². The van der Waals surface area contributed by atoms with Gasteiger partial charge >= 0.3 is 0 Å². The molecular weight excluding hydrogens is 260 g/mol. The maximum absolute atomic E-state index is 5.01. The normalized spacial score (nSPS) is 25.8. The summed E-state index contributed by atoms with van der Waals surface area (Å²) < 4.78 is 2.64. The quantitative estimate of drug-likeness (QED) is 0.925. The molecule has 0 radical (unpaired) electrons. The average Bonchev–Trinajstić information content (AvgIpc) is 3.27. The number of imidazole rings is 1. The van der Waals surface area contributed by atoms with E-state index in [1.165, 1.54) is 62.5 Å². The van der Waals surface area contributed by atoms with Crippen molar-refractivity contribution in [3.05, 3.63) is 17.2 Å². The highest BCUT2D eigenvalue weighted by atomic mass is 15.1. The monoisotopic (exact) mass is 288 g/mol. The molecule has 0 bridgehead atoms. The second kappa shape index (κ2) is 5.10. The molecule has 0 atom stereocenters. The van der Waals surface area contributed by atoms with Crippen LogP contribution in [0.4, 0.5) is 0 Å². The van der Waals surface area contributed by atoms with Gasteiger partial charge in [-0.3, -0.25) is 0 Å². The third-order valence-electron chi connectivity index (χ3n) is 5.69. The van der Waals surface area contributed by atoms with E-state index in [2.05, 4.69) is 28.8 Å². The Bertz CT molecular complexity index is 521. The van der Waals surface area contributed by atoms with Crippen molar-refractivity contribution >= 4 is 0 Å². The summed E-state index contributed by atoms with van der Waals surface area (Å²) in [4.78, 5) is 7.48. The molecule has 1 aliphatic carbocycles. The number of nitrogens with one attached hydrogen (secondary N) is 1. The predicted molar refractivity (Wildman–Crippen MR) is 84.5 cm³/mol. The summed E-state index contributed by atoms with van der Waals surface area (Å²) in [5.41, 5.74) is 3.32. The minimum absolute atomic E-state index is 0.454. The third-order valence-corrected chi connectivity index (χ3v) is 5.69. The van der Waals surface area contributed by atoms with Gasteiger partial charge < -0.3 is 14.8 Å². The summed E-state index contributed by atoms with van der Waals surface area (Å²) in [6.45, 7) is 8.25. The van der Waals surface area contributed by atoms with E-state index in [1.54, 1.807) is 0 Å². The van der Waals surface area contributed by atoms with Crippen molar-refractivity contribution in [3.8, 4) is 0 Å². The zero-order valence-corrected chi connectivity index (χ0v) is 13.5. The van der Waals surface area contributed by atoms with E-state index in [1.807, 2.05) is 0 Å². The summed E-state index contributed by atoms with van der Waals surface area (Å²) in [7, 11) is 2.25. The van der Waals surface area contributed by atoms with Crippen molar-refractivity contribution < 1.29 is 0 Å². The van der Waals surface area contributed by atoms with Gasteiger partial charge in [0.05, 0.1) is 5.69 Å². The minimum Gasteiger partial charge on any atom is -0.331 e. The van der Waals surface area contributed by atoms with Crippen LogP contribution in [-0.2, 0) is 19.5 Å². The first kappa shape index (κ1) is 13.8. The fourth-order valence-electron chi connectivity index (χ4n) is 3.92. The first-order valence-electron chi connectivity index (χ1n) is 8.62. The van der Waals surface area contributed by atoms with Crippen LogP contribution >= 0.6 is 0 Å². The molecular formula is C17H28N4. The van der Waals surface area contributed by atoms with Crippen LogP contribution in [0.15, 0.2) is 0 Å². The third kappa shape index (κ3) is 2.64. The number of hydrogen-bond donors (Lipinski definition) is 1. The average molecular weight is 288 g/mol. The van der Waals surface area contributed by atoms with Crippen LogP contribution < -0.4 is 5.32 Å².